The molecular formula is C16H24NO4P. The molecule has 2 heterocycles. The SMILES string of the molecule is CCOP(=O)(OCC)C1CCC2OCC(c3ccccc3)N21. The summed E-state index contributed by atoms with van der Waals surface area (Å²) in [5.41, 5.74) is 1.19. The Labute approximate surface area is 132 Å². The monoisotopic (exact) mass is 325 g/mol. The van der Waals surface area contributed by atoms with E-state index >= 15 is 0 Å². The Kier molecular flexibility index (Phi) is 5.00. The van der Waals surface area contributed by atoms with E-state index in [0.717, 1.165) is 12.8 Å². The minimum absolute atomic E-state index is 0.0180. The molecule has 0 aliphatic carbocycles. The quantitative estimate of drug-likeness (QED) is 0.745. The molecule has 2 saturated heterocycles. The fourth-order valence-electron chi connectivity index (χ4n) is 3.48. The summed E-state index contributed by atoms with van der Waals surface area (Å²) in [6, 6.07) is 10.4. The topological polar surface area (TPSA) is 48.0 Å². The van der Waals surface area contributed by atoms with Crippen molar-refractivity contribution in [3.05, 3.63) is 35.9 Å². The lowest BCUT2D eigenvalue weighted by Crippen LogP contribution is -2.35. The summed E-state index contributed by atoms with van der Waals surface area (Å²) in [5.74, 6) is -0.217. The van der Waals surface area contributed by atoms with E-state index in [9.17, 15) is 4.57 Å². The second-order valence-electron chi connectivity index (χ2n) is 5.60. The largest absolute Gasteiger partial charge is 0.361 e. The van der Waals surface area contributed by atoms with Gasteiger partial charge in [0.25, 0.3) is 0 Å². The van der Waals surface area contributed by atoms with Crippen molar-refractivity contribution in [2.24, 2.45) is 0 Å². The van der Waals surface area contributed by atoms with Gasteiger partial charge in [-0.25, -0.2) is 0 Å². The fraction of sp³-hybridized carbons (Fsp3) is 0.625. The summed E-state index contributed by atoms with van der Waals surface area (Å²) in [4.78, 5) is 2.21. The van der Waals surface area contributed by atoms with E-state index in [4.69, 9.17) is 13.8 Å². The molecule has 0 N–H and O–H groups in total. The van der Waals surface area contributed by atoms with Crippen LogP contribution in [0.3, 0.4) is 0 Å². The maximum atomic E-state index is 13.2. The van der Waals surface area contributed by atoms with E-state index in [0.29, 0.717) is 19.8 Å². The summed E-state index contributed by atoms with van der Waals surface area (Å²) in [5, 5.41) is 0. The van der Waals surface area contributed by atoms with Crippen molar-refractivity contribution in [3.8, 4) is 0 Å². The van der Waals surface area contributed by atoms with Gasteiger partial charge in [0, 0.05) is 0 Å². The minimum atomic E-state index is -3.15. The van der Waals surface area contributed by atoms with Crippen molar-refractivity contribution in [2.45, 2.75) is 44.7 Å². The smallest absolute Gasteiger partial charge is 0.347 e. The van der Waals surface area contributed by atoms with E-state index in [1.807, 2.05) is 32.0 Å². The highest BCUT2D eigenvalue weighted by Gasteiger charge is 2.52. The van der Waals surface area contributed by atoms with E-state index in [2.05, 4.69) is 17.0 Å². The summed E-state index contributed by atoms with van der Waals surface area (Å²) in [6.45, 7) is 5.12. The van der Waals surface area contributed by atoms with Crippen LogP contribution in [0.2, 0.25) is 0 Å². The number of hydrogen-bond donors (Lipinski definition) is 0. The number of benzene rings is 1. The number of nitrogens with zero attached hydrogens (tertiary/aromatic N) is 1. The van der Waals surface area contributed by atoms with Gasteiger partial charge in [-0.2, -0.15) is 0 Å². The Bertz CT molecular complexity index is 528. The third kappa shape index (κ3) is 2.89. The van der Waals surface area contributed by atoms with Crippen LogP contribution in [0.5, 0.6) is 0 Å². The van der Waals surface area contributed by atoms with Gasteiger partial charge in [0.1, 0.15) is 12.0 Å². The molecule has 5 nitrogen and oxygen atoms in total. The van der Waals surface area contributed by atoms with Gasteiger partial charge >= 0.3 is 7.60 Å². The Morgan fingerprint density at radius 1 is 1.18 bits per heavy atom. The zero-order valence-corrected chi connectivity index (χ0v) is 14.1. The molecule has 2 aliphatic rings. The lowest BCUT2D eigenvalue weighted by atomic mass is 10.1. The summed E-state index contributed by atoms with van der Waals surface area (Å²) < 4.78 is 30.3. The maximum absolute atomic E-state index is 13.2. The highest BCUT2D eigenvalue weighted by atomic mass is 31.2. The molecule has 6 heteroatoms. The zero-order chi connectivity index (χ0) is 15.6. The van der Waals surface area contributed by atoms with Crippen LogP contribution in [0.1, 0.15) is 38.3 Å². The van der Waals surface area contributed by atoms with Crippen molar-refractivity contribution >= 4 is 7.60 Å². The highest BCUT2D eigenvalue weighted by Crippen LogP contribution is 2.61. The molecular weight excluding hydrogens is 301 g/mol. The molecule has 0 amide bonds. The minimum Gasteiger partial charge on any atom is -0.361 e. The zero-order valence-electron chi connectivity index (χ0n) is 13.2. The molecule has 0 aromatic heterocycles. The first-order valence-electron chi connectivity index (χ1n) is 8.02. The summed E-state index contributed by atoms with van der Waals surface area (Å²) >= 11 is 0. The van der Waals surface area contributed by atoms with Crippen LogP contribution < -0.4 is 0 Å². The van der Waals surface area contributed by atoms with Crippen LogP contribution in [0, 0.1) is 0 Å². The van der Waals surface area contributed by atoms with Crippen molar-refractivity contribution in [1.29, 1.82) is 0 Å². The Hall–Kier alpha value is -0.710. The van der Waals surface area contributed by atoms with E-state index < -0.39 is 7.60 Å². The van der Waals surface area contributed by atoms with Gasteiger partial charge in [-0.05, 0) is 32.3 Å². The average molecular weight is 325 g/mol. The Morgan fingerprint density at radius 2 is 1.86 bits per heavy atom. The third-order valence-electron chi connectivity index (χ3n) is 4.32. The molecule has 22 heavy (non-hydrogen) atoms. The molecule has 122 valence electrons. The van der Waals surface area contributed by atoms with Gasteiger partial charge in [0.05, 0.1) is 25.9 Å². The van der Waals surface area contributed by atoms with Crippen molar-refractivity contribution < 1.29 is 18.3 Å². The van der Waals surface area contributed by atoms with Crippen LogP contribution in [0.4, 0.5) is 0 Å². The third-order valence-corrected chi connectivity index (χ3v) is 6.81. The van der Waals surface area contributed by atoms with Gasteiger partial charge in [-0.3, -0.25) is 9.46 Å². The van der Waals surface area contributed by atoms with Gasteiger partial charge < -0.3 is 13.8 Å². The lowest BCUT2D eigenvalue weighted by Gasteiger charge is -2.33. The van der Waals surface area contributed by atoms with Crippen molar-refractivity contribution in [1.82, 2.24) is 4.90 Å². The van der Waals surface area contributed by atoms with Crippen LogP contribution in [0.15, 0.2) is 30.3 Å². The first-order chi connectivity index (χ1) is 10.7. The second kappa shape index (κ2) is 6.81. The van der Waals surface area contributed by atoms with Crippen molar-refractivity contribution in [3.63, 3.8) is 0 Å². The highest BCUT2D eigenvalue weighted by molar-refractivity contribution is 7.54. The summed E-state index contributed by atoms with van der Waals surface area (Å²) in [6.07, 6.45) is 1.67. The van der Waals surface area contributed by atoms with Crippen LogP contribution in [0.25, 0.3) is 0 Å². The predicted octanol–water partition coefficient (Wildman–Crippen LogP) is 3.77. The molecule has 0 bridgehead atoms. The van der Waals surface area contributed by atoms with Gasteiger partial charge in [0.15, 0.2) is 0 Å². The number of ether oxygens (including phenoxy) is 1. The number of rotatable bonds is 6. The molecule has 0 saturated carbocycles. The molecule has 2 fully saturated rings. The molecule has 3 unspecified atom stereocenters. The lowest BCUT2D eigenvalue weighted by molar-refractivity contribution is 0.0499. The summed E-state index contributed by atoms with van der Waals surface area (Å²) in [7, 11) is -3.15. The maximum Gasteiger partial charge on any atom is 0.347 e. The van der Waals surface area contributed by atoms with Crippen LogP contribution in [-0.2, 0) is 18.3 Å². The Balaban J connectivity index is 1.88. The van der Waals surface area contributed by atoms with E-state index in [1.165, 1.54) is 5.56 Å². The second-order valence-corrected chi connectivity index (χ2v) is 7.79. The fourth-order valence-corrected chi connectivity index (χ4v) is 5.72. The predicted molar refractivity (Wildman–Crippen MR) is 84.6 cm³/mol. The van der Waals surface area contributed by atoms with Gasteiger partial charge in [0.2, 0.25) is 0 Å². The molecule has 3 rings (SSSR count). The van der Waals surface area contributed by atoms with Crippen LogP contribution >= 0.6 is 7.60 Å². The molecule has 0 radical (unpaired) electrons. The van der Waals surface area contributed by atoms with E-state index in [1.54, 1.807) is 0 Å². The van der Waals surface area contributed by atoms with Crippen LogP contribution in [-0.4, -0.2) is 36.7 Å². The molecule has 1 aromatic carbocycles. The van der Waals surface area contributed by atoms with Gasteiger partial charge in [-0.1, -0.05) is 30.3 Å². The normalized spacial score (nSPS) is 28.9. The first kappa shape index (κ1) is 16.2. The Morgan fingerprint density at radius 3 is 2.50 bits per heavy atom. The molecule has 3 atom stereocenters. The number of hydrogen-bond acceptors (Lipinski definition) is 5. The molecule has 2 aliphatic heterocycles. The average Bonchev–Trinajstić information content (AvgIpc) is 3.10. The van der Waals surface area contributed by atoms with Gasteiger partial charge in [-0.15, -0.1) is 0 Å². The number of fused-ring (bicyclic) bond motifs is 1. The molecule has 0 spiro atoms. The standard InChI is InChI=1S/C16H24NO4P/c1-3-20-22(18,21-4-2)16-11-10-15-17(16)14(12-19-15)13-8-6-5-7-9-13/h5-9,14-16H,3-4,10-12H2,1-2H3. The molecule has 1 aromatic rings. The van der Waals surface area contributed by atoms with Crippen molar-refractivity contribution in [2.75, 3.05) is 19.8 Å². The van der Waals surface area contributed by atoms with E-state index in [-0.39, 0.29) is 18.1 Å². The first-order valence-corrected chi connectivity index (χ1v) is 9.63.